The minimum Gasteiger partial charge on any atom is -0.351 e. The van der Waals surface area contributed by atoms with Gasteiger partial charge in [0.25, 0.3) is 0 Å². The van der Waals surface area contributed by atoms with Crippen molar-refractivity contribution in [3.63, 3.8) is 0 Å². The van der Waals surface area contributed by atoms with Crippen LogP contribution in [0.3, 0.4) is 0 Å². The van der Waals surface area contributed by atoms with Crippen LogP contribution in [0.25, 0.3) is 0 Å². The Labute approximate surface area is 125 Å². The van der Waals surface area contributed by atoms with E-state index in [1.165, 1.54) is 6.07 Å². The lowest BCUT2D eigenvalue weighted by molar-refractivity contribution is 0.194. The molecular formula is C16H24FN3O. The number of hydrogen-bond donors (Lipinski definition) is 1. The minimum absolute atomic E-state index is 0.174. The summed E-state index contributed by atoms with van der Waals surface area (Å²) < 4.78 is 13.2. The predicted octanol–water partition coefficient (Wildman–Crippen LogP) is 2.23. The van der Waals surface area contributed by atoms with Crippen LogP contribution in [0.15, 0.2) is 24.3 Å². The molecule has 1 aromatic rings. The van der Waals surface area contributed by atoms with Gasteiger partial charge >= 0.3 is 6.03 Å². The molecular weight excluding hydrogens is 269 g/mol. The molecule has 0 aliphatic carbocycles. The van der Waals surface area contributed by atoms with Gasteiger partial charge in [-0.3, -0.25) is 4.90 Å². The Bertz CT molecular complexity index is 480. The highest BCUT2D eigenvalue weighted by Crippen LogP contribution is 2.13. The van der Waals surface area contributed by atoms with Crippen molar-refractivity contribution in [3.8, 4) is 0 Å². The number of benzene rings is 1. The van der Waals surface area contributed by atoms with Crippen LogP contribution < -0.4 is 5.73 Å². The summed E-state index contributed by atoms with van der Waals surface area (Å²) in [6.07, 6.45) is 2.81. The van der Waals surface area contributed by atoms with E-state index in [1.54, 1.807) is 17.0 Å². The zero-order valence-corrected chi connectivity index (χ0v) is 12.6. The summed E-state index contributed by atoms with van der Waals surface area (Å²) in [5, 5.41) is 0. The number of amides is 2. The van der Waals surface area contributed by atoms with E-state index in [1.807, 2.05) is 6.07 Å². The highest BCUT2D eigenvalue weighted by atomic mass is 19.1. The van der Waals surface area contributed by atoms with Crippen molar-refractivity contribution in [2.24, 2.45) is 5.73 Å². The van der Waals surface area contributed by atoms with Gasteiger partial charge in [-0.2, -0.15) is 0 Å². The van der Waals surface area contributed by atoms with Crippen LogP contribution in [0.2, 0.25) is 0 Å². The smallest absolute Gasteiger partial charge is 0.314 e. The molecule has 0 aromatic heterocycles. The van der Waals surface area contributed by atoms with Crippen LogP contribution in [0, 0.1) is 5.82 Å². The first-order chi connectivity index (χ1) is 10.1. The Morgan fingerprint density at radius 3 is 2.86 bits per heavy atom. The van der Waals surface area contributed by atoms with Crippen molar-refractivity contribution in [2.45, 2.75) is 32.2 Å². The molecule has 2 N–H and O–H groups in total. The molecule has 21 heavy (non-hydrogen) atoms. The van der Waals surface area contributed by atoms with Crippen molar-refractivity contribution in [1.29, 1.82) is 0 Å². The van der Waals surface area contributed by atoms with E-state index in [9.17, 15) is 9.18 Å². The fraction of sp³-hybridized carbons (Fsp3) is 0.562. The number of nitrogens with two attached hydrogens (primary N) is 1. The highest BCUT2D eigenvalue weighted by molar-refractivity contribution is 5.71. The molecule has 1 atom stereocenters. The normalized spacial score (nSPS) is 18.3. The van der Waals surface area contributed by atoms with Crippen LogP contribution in [-0.2, 0) is 6.42 Å². The molecule has 1 aliphatic rings. The molecule has 5 heteroatoms. The summed E-state index contributed by atoms with van der Waals surface area (Å²) in [5.74, 6) is -0.174. The molecule has 2 rings (SSSR count). The number of primary amides is 1. The summed E-state index contributed by atoms with van der Waals surface area (Å²) in [7, 11) is 0. The molecule has 0 radical (unpaired) electrons. The molecule has 1 aromatic carbocycles. The maximum absolute atomic E-state index is 13.2. The van der Waals surface area contributed by atoms with E-state index in [0.717, 1.165) is 44.5 Å². The van der Waals surface area contributed by atoms with Gasteiger partial charge in [-0.15, -0.1) is 0 Å². The largest absolute Gasteiger partial charge is 0.351 e. The first kappa shape index (κ1) is 15.8. The van der Waals surface area contributed by atoms with Crippen molar-refractivity contribution in [2.75, 3.05) is 26.2 Å². The van der Waals surface area contributed by atoms with Crippen LogP contribution in [0.1, 0.15) is 25.3 Å². The number of aryl methyl sites for hydroxylation is 1. The number of carbonyl (C=O) groups is 1. The third-order valence-corrected chi connectivity index (χ3v) is 4.21. The lowest BCUT2D eigenvalue weighted by atomic mass is 10.0. The zero-order valence-electron chi connectivity index (χ0n) is 12.6. The third-order valence-electron chi connectivity index (χ3n) is 4.21. The van der Waals surface area contributed by atoms with E-state index >= 15 is 0 Å². The summed E-state index contributed by atoms with van der Waals surface area (Å²) >= 11 is 0. The van der Waals surface area contributed by atoms with Gasteiger partial charge in [-0.1, -0.05) is 12.1 Å². The Morgan fingerprint density at radius 1 is 1.33 bits per heavy atom. The first-order valence-electron chi connectivity index (χ1n) is 7.59. The van der Waals surface area contributed by atoms with E-state index < -0.39 is 0 Å². The predicted molar refractivity (Wildman–Crippen MR) is 81.5 cm³/mol. The highest BCUT2D eigenvalue weighted by Gasteiger charge is 2.20. The summed E-state index contributed by atoms with van der Waals surface area (Å²) in [6, 6.07) is 6.88. The van der Waals surface area contributed by atoms with E-state index in [4.69, 9.17) is 5.73 Å². The molecule has 0 bridgehead atoms. The van der Waals surface area contributed by atoms with Gasteiger partial charge in [0.05, 0.1) is 0 Å². The number of carbonyl (C=O) groups excluding carboxylic acids is 1. The summed E-state index contributed by atoms with van der Waals surface area (Å²) in [6.45, 7) is 5.46. The quantitative estimate of drug-likeness (QED) is 0.925. The molecule has 4 nitrogen and oxygen atoms in total. The summed E-state index contributed by atoms with van der Waals surface area (Å²) in [5.41, 5.74) is 6.38. The van der Waals surface area contributed by atoms with Crippen molar-refractivity contribution in [1.82, 2.24) is 9.80 Å². The van der Waals surface area contributed by atoms with Crippen LogP contribution >= 0.6 is 0 Å². The maximum Gasteiger partial charge on any atom is 0.314 e. The van der Waals surface area contributed by atoms with Crippen molar-refractivity contribution in [3.05, 3.63) is 35.6 Å². The molecule has 1 heterocycles. The Kier molecular flexibility index (Phi) is 5.56. The second kappa shape index (κ2) is 7.41. The molecule has 0 saturated carbocycles. The van der Waals surface area contributed by atoms with Gasteiger partial charge < -0.3 is 10.6 Å². The Morgan fingerprint density at radius 2 is 2.14 bits per heavy atom. The average Bonchev–Trinajstić information content (AvgIpc) is 2.71. The molecule has 0 spiro atoms. The maximum atomic E-state index is 13.2. The van der Waals surface area contributed by atoms with Gasteiger partial charge in [0.1, 0.15) is 5.82 Å². The van der Waals surface area contributed by atoms with E-state index in [0.29, 0.717) is 12.6 Å². The Balaban J connectivity index is 1.83. The van der Waals surface area contributed by atoms with Gasteiger partial charge in [-0.25, -0.2) is 9.18 Å². The monoisotopic (exact) mass is 293 g/mol. The van der Waals surface area contributed by atoms with Gasteiger partial charge in [0.15, 0.2) is 0 Å². The molecule has 1 aliphatic heterocycles. The molecule has 1 unspecified atom stereocenters. The number of nitrogens with zero attached hydrogens (tertiary/aromatic N) is 2. The topological polar surface area (TPSA) is 49.6 Å². The summed E-state index contributed by atoms with van der Waals surface area (Å²) in [4.78, 5) is 15.3. The number of urea groups is 1. The first-order valence-corrected chi connectivity index (χ1v) is 7.59. The fourth-order valence-corrected chi connectivity index (χ4v) is 2.85. The van der Waals surface area contributed by atoms with Gasteiger partial charge in [0, 0.05) is 32.2 Å². The van der Waals surface area contributed by atoms with Crippen LogP contribution in [0.5, 0.6) is 0 Å². The van der Waals surface area contributed by atoms with Crippen LogP contribution in [-0.4, -0.2) is 48.1 Å². The number of hydrogen-bond acceptors (Lipinski definition) is 2. The molecule has 116 valence electrons. The van der Waals surface area contributed by atoms with Gasteiger partial charge in [-0.05, 0) is 43.9 Å². The van der Waals surface area contributed by atoms with Gasteiger partial charge in [0.2, 0.25) is 0 Å². The lowest BCUT2D eigenvalue weighted by Gasteiger charge is -2.27. The average molecular weight is 293 g/mol. The standard InChI is InChI=1S/C16H24FN3O/c1-13(6-7-14-4-2-5-15(17)12-14)19-8-3-9-20(11-10-19)16(18)21/h2,4-5,12-13H,3,6-11H2,1H3,(H2,18,21). The SMILES string of the molecule is CC(CCc1cccc(F)c1)N1CCCN(C(N)=O)CC1. The third kappa shape index (κ3) is 4.70. The number of halogens is 1. The number of rotatable bonds is 4. The second-order valence-corrected chi connectivity index (χ2v) is 5.73. The van der Waals surface area contributed by atoms with Crippen molar-refractivity contribution >= 4 is 6.03 Å². The van der Waals surface area contributed by atoms with Crippen LogP contribution in [0.4, 0.5) is 9.18 Å². The zero-order chi connectivity index (χ0) is 15.2. The van der Waals surface area contributed by atoms with E-state index in [-0.39, 0.29) is 11.8 Å². The lowest BCUT2D eigenvalue weighted by Crippen LogP contribution is -2.40. The Hall–Kier alpha value is -1.62. The van der Waals surface area contributed by atoms with E-state index in [2.05, 4.69) is 11.8 Å². The molecule has 1 saturated heterocycles. The second-order valence-electron chi connectivity index (χ2n) is 5.73. The van der Waals surface area contributed by atoms with Crippen molar-refractivity contribution < 1.29 is 9.18 Å². The molecule has 1 fully saturated rings. The molecule has 2 amide bonds. The fourth-order valence-electron chi connectivity index (χ4n) is 2.85. The minimum atomic E-state index is -0.329.